The number of nitrogens with zero attached hydrogens (tertiary/aromatic N) is 2. The van der Waals surface area contributed by atoms with Crippen molar-refractivity contribution in [2.45, 2.75) is 19.1 Å². The number of carbonyl (C=O) groups is 2. The van der Waals surface area contributed by atoms with Crippen molar-refractivity contribution in [3.63, 3.8) is 0 Å². The van der Waals surface area contributed by atoms with E-state index in [1.807, 2.05) is 0 Å². The van der Waals surface area contributed by atoms with E-state index >= 15 is 0 Å². The Morgan fingerprint density at radius 1 is 1.75 bits per heavy atom. The molecule has 2 rings (SSSR count). The van der Waals surface area contributed by atoms with Gasteiger partial charge in [-0.3, -0.25) is 4.79 Å². The van der Waals surface area contributed by atoms with Crippen LogP contribution < -0.4 is 0 Å². The molecule has 6 nitrogen and oxygen atoms in total. The van der Waals surface area contributed by atoms with Gasteiger partial charge in [-0.25, -0.2) is 4.79 Å². The van der Waals surface area contributed by atoms with Gasteiger partial charge in [-0.2, -0.15) is 9.37 Å². The summed E-state index contributed by atoms with van der Waals surface area (Å²) in [5.74, 6) is -2.82. The first-order valence-corrected chi connectivity index (χ1v) is 4.69. The summed E-state index contributed by atoms with van der Waals surface area (Å²) < 4.78 is 19.3. The molecule has 1 aliphatic rings. The van der Waals surface area contributed by atoms with Crippen LogP contribution in [0.1, 0.15) is 27.5 Å². The molecular weight excluding hydrogens is 219 g/mol. The van der Waals surface area contributed by atoms with Gasteiger partial charge >= 0.3 is 5.97 Å². The molecular formula is C9H9FN2O4. The van der Waals surface area contributed by atoms with Crippen molar-refractivity contribution in [2.24, 2.45) is 0 Å². The van der Waals surface area contributed by atoms with Gasteiger partial charge in [0.05, 0.1) is 12.6 Å². The fraction of sp³-hybridized carbons (Fsp3) is 0.444. The highest BCUT2D eigenvalue weighted by molar-refractivity contribution is 5.87. The third kappa shape index (κ3) is 1.69. The Labute approximate surface area is 89.7 Å². The minimum Gasteiger partial charge on any atom is -0.476 e. The monoisotopic (exact) mass is 228 g/mol. The smallest absolute Gasteiger partial charge is 0.357 e. The Morgan fingerprint density at radius 2 is 2.44 bits per heavy atom. The van der Waals surface area contributed by atoms with E-state index in [1.165, 1.54) is 0 Å². The number of rotatable bonds is 4. The Morgan fingerprint density at radius 3 is 2.88 bits per heavy atom. The van der Waals surface area contributed by atoms with Crippen LogP contribution in [0.2, 0.25) is 0 Å². The van der Waals surface area contributed by atoms with Crippen LogP contribution in [0.25, 0.3) is 0 Å². The molecule has 1 aliphatic heterocycles. The molecule has 1 aromatic heterocycles. The second kappa shape index (κ2) is 4.01. The molecule has 0 bridgehead atoms. The molecule has 86 valence electrons. The van der Waals surface area contributed by atoms with Crippen molar-refractivity contribution in [3.05, 3.63) is 17.5 Å². The number of ether oxygens (including phenoxy) is 1. The molecule has 1 atom stereocenters. The van der Waals surface area contributed by atoms with E-state index in [9.17, 15) is 14.0 Å². The molecule has 0 radical (unpaired) electrons. The highest BCUT2D eigenvalue weighted by atomic mass is 19.1. The predicted molar refractivity (Wildman–Crippen MR) is 48.9 cm³/mol. The van der Waals surface area contributed by atoms with Crippen LogP contribution in [0.5, 0.6) is 0 Å². The zero-order chi connectivity index (χ0) is 11.7. The maximum Gasteiger partial charge on any atom is 0.357 e. The van der Waals surface area contributed by atoms with Crippen LogP contribution in [0.4, 0.5) is 4.39 Å². The maximum atomic E-state index is 13.2. The number of halogens is 1. The highest BCUT2D eigenvalue weighted by Gasteiger charge is 2.27. The topological polar surface area (TPSA) is 81.4 Å². The van der Waals surface area contributed by atoms with Crippen LogP contribution in [0.15, 0.2) is 0 Å². The molecule has 0 spiro atoms. The van der Waals surface area contributed by atoms with E-state index in [0.717, 1.165) is 11.0 Å². The SMILES string of the molecule is O=Cc1nc(F)c(C(=O)O)n1CC1CCO1. The molecule has 1 saturated heterocycles. The van der Waals surface area contributed by atoms with Crippen LogP contribution >= 0.6 is 0 Å². The zero-order valence-corrected chi connectivity index (χ0v) is 8.22. The second-order valence-electron chi connectivity index (χ2n) is 3.42. The average molecular weight is 228 g/mol. The van der Waals surface area contributed by atoms with E-state index in [-0.39, 0.29) is 18.5 Å². The molecule has 16 heavy (non-hydrogen) atoms. The summed E-state index contributed by atoms with van der Waals surface area (Å²) in [6.45, 7) is 0.729. The van der Waals surface area contributed by atoms with Crippen molar-refractivity contribution >= 4 is 12.3 Å². The number of carboxylic acids is 1. The second-order valence-corrected chi connectivity index (χ2v) is 3.42. The average Bonchev–Trinajstić information content (AvgIpc) is 2.48. The molecule has 1 unspecified atom stereocenters. The van der Waals surface area contributed by atoms with Crippen LogP contribution in [-0.4, -0.2) is 39.6 Å². The molecule has 1 fully saturated rings. The Bertz CT molecular complexity index is 439. The normalized spacial score (nSPS) is 19.2. The van der Waals surface area contributed by atoms with Gasteiger partial charge in [0.15, 0.2) is 17.8 Å². The van der Waals surface area contributed by atoms with Gasteiger partial charge in [0.25, 0.3) is 0 Å². The Hall–Kier alpha value is -1.76. The predicted octanol–water partition coefficient (Wildman–Crippen LogP) is 0.322. The fourth-order valence-electron chi connectivity index (χ4n) is 1.55. The summed E-state index contributed by atoms with van der Waals surface area (Å²) in [6, 6.07) is 0. The van der Waals surface area contributed by atoms with Gasteiger partial charge in [0, 0.05) is 6.61 Å². The first kappa shape index (κ1) is 10.7. The number of aromatic carboxylic acids is 1. The minimum atomic E-state index is -1.45. The van der Waals surface area contributed by atoms with E-state index in [4.69, 9.17) is 9.84 Å². The number of hydrogen-bond acceptors (Lipinski definition) is 4. The van der Waals surface area contributed by atoms with Crippen molar-refractivity contribution < 1.29 is 23.8 Å². The zero-order valence-electron chi connectivity index (χ0n) is 8.22. The Kier molecular flexibility index (Phi) is 2.69. The largest absolute Gasteiger partial charge is 0.476 e. The van der Waals surface area contributed by atoms with E-state index in [0.29, 0.717) is 12.9 Å². The van der Waals surface area contributed by atoms with E-state index in [1.54, 1.807) is 0 Å². The molecule has 0 aliphatic carbocycles. The number of imidazole rings is 1. The number of carbonyl (C=O) groups excluding carboxylic acids is 1. The Balaban J connectivity index is 2.37. The van der Waals surface area contributed by atoms with Gasteiger partial charge in [0.1, 0.15) is 0 Å². The quantitative estimate of drug-likeness (QED) is 0.750. The summed E-state index contributed by atoms with van der Waals surface area (Å²) in [4.78, 5) is 24.7. The summed E-state index contributed by atoms with van der Waals surface area (Å²) in [5, 5.41) is 8.80. The lowest BCUT2D eigenvalue weighted by molar-refractivity contribution is -0.0596. The van der Waals surface area contributed by atoms with E-state index in [2.05, 4.69) is 4.98 Å². The molecule has 0 saturated carbocycles. The third-order valence-electron chi connectivity index (χ3n) is 2.44. The summed E-state index contributed by atoms with van der Waals surface area (Å²) in [5.41, 5.74) is -0.599. The molecule has 1 aromatic rings. The van der Waals surface area contributed by atoms with Gasteiger partial charge in [-0.05, 0) is 6.42 Å². The number of aromatic nitrogens is 2. The van der Waals surface area contributed by atoms with Crippen molar-refractivity contribution in [2.75, 3.05) is 6.61 Å². The molecule has 2 heterocycles. The number of carboxylic acid groups (broad SMARTS) is 1. The summed E-state index contributed by atoms with van der Waals surface area (Å²) in [7, 11) is 0. The maximum absolute atomic E-state index is 13.2. The molecule has 0 amide bonds. The summed E-state index contributed by atoms with van der Waals surface area (Å²) >= 11 is 0. The fourth-order valence-corrected chi connectivity index (χ4v) is 1.55. The van der Waals surface area contributed by atoms with Gasteiger partial charge in [0.2, 0.25) is 5.95 Å². The lowest BCUT2D eigenvalue weighted by Gasteiger charge is -2.27. The van der Waals surface area contributed by atoms with E-state index < -0.39 is 17.6 Å². The first-order chi connectivity index (χ1) is 7.63. The number of hydrogen-bond donors (Lipinski definition) is 1. The number of aldehydes is 1. The van der Waals surface area contributed by atoms with Crippen LogP contribution in [0.3, 0.4) is 0 Å². The van der Waals surface area contributed by atoms with Gasteiger partial charge in [-0.1, -0.05) is 0 Å². The van der Waals surface area contributed by atoms with Crippen molar-refractivity contribution in [3.8, 4) is 0 Å². The highest BCUT2D eigenvalue weighted by Crippen LogP contribution is 2.17. The van der Waals surface area contributed by atoms with Crippen molar-refractivity contribution in [1.29, 1.82) is 0 Å². The third-order valence-corrected chi connectivity index (χ3v) is 2.44. The lowest BCUT2D eigenvalue weighted by Crippen LogP contribution is -2.32. The minimum absolute atomic E-state index is 0.132. The van der Waals surface area contributed by atoms with Crippen LogP contribution in [-0.2, 0) is 11.3 Å². The standard InChI is InChI=1S/C9H9FN2O4/c10-8-7(9(14)15)12(6(4-13)11-8)3-5-1-2-16-5/h4-5H,1-3H2,(H,14,15). The van der Waals surface area contributed by atoms with Crippen molar-refractivity contribution in [1.82, 2.24) is 9.55 Å². The molecule has 7 heteroatoms. The molecule has 0 aromatic carbocycles. The summed E-state index contributed by atoms with van der Waals surface area (Å²) in [6.07, 6.45) is 0.913. The van der Waals surface area contributed by atoms with Gasteiger partial charge < -0.3 is 14.4 Å². The van der Waals surface area contributed by atoms with Crippen LogP contribution in [0, 0.1) is 5.95 Å². The first-order valence-electron chi connectivity index (χ1n) is 4.69. The molecule has 1 N–H and O–H groups in total. The van der Waals surface area contributed by atoms with Gasteiger partial charge in [-0.15, -0.1) is 0 Å². The lowest BCUT2D eigenvalue weighted by atomic mass is 10.2.